The molecule has 4 rings (SSSR count). The summed E-state index contributed by atoms with van der Waals surface area (Å²) < 4.78 is 29.6. The molecule has 0 atom stereocenters. The zero-order valence-corrected chi connectivity index (χ0v) is 15.4. The second-order valence-corrected chi connectivity index (χ2v) is 8.69. The Hall–Kier alpha value is -2.19. The summed E-state index contributed by atoms with van der Waals surface area (Å²) in [4.78, 5) is 18.5. The van der Waals surface area contributed by atoms with E-state index >= 15 is 0 Å². The minimum atomic E-state index is -3.55. The fourth-order valence-electron chi connectivity index (χ4n) is 3.62. The van der Waals surface area contributed by atoms with E-state index in [1.54, 1.807) is 30.6 Å². The van der Waals surface area contributed by atoms with E-state index in [1.165, 1.54) is 4.31 Å². The lowest BCUT2D eigenvalue weighted by Gasteiger charge is -2.21. The van der Waals surface area contributed by atoms with E-state index in [2.05, 4.69) is 4.98 Å². The first-order chi connectivity index (χ1) is 12.6. The van der Waals surface area contributed by atoms with Crippen molar-refractivity contribution in [1.82, 2.24) is 18.8 Å². The highest BCUT2D eigenvalue weighted by atomic mass is 32.2. The molecule has 1 fully saturated rings. The van der Waals surface area contributed by atoms with Gasteiger partial charge in [-0.15, -0.1) is 0 Å². The quantitative estimate of drug-likeness (QED) is 0.815. The van der Waals surface area contributed by atoms with E-state index in [-0.39, 0.29) is 12.5 Å². The summed E-state index contributed by atoms with van der Waals surface area (Å²) in [7, 11) is -3.55. The number of imidazole rings is 1. The molecule has 138 valence electrons. The molecule has 1 aromatic carbocycles. The van der Waals surface area contributed by atoms with E-state index in [0.29, 0.717) is 24.4 Å². The number of nitrogens with zero attached hydrogens (tertiary/aromatic N) is 4. The van der Waals surface area contributed by atoms with Gasteiger partial charge in [0, 0.05) is 26.1 Å². The van der Waals surface area contributed by atoms with Gasteiger partial charge in [0.15, 0.2) is 0 Å². The lowest BCUT2D eigenvalue weighted by molar-refractivity contribution is -0.128. The van der Waals surface area contributed by atoms with Crippen molar-refractivity contribution in [3.05, 3.63) is 48.0 Å². The van der Waals surface area contributed by atoms with Gasteiger partial charge in [-0.1, -0.05) is 18.2 Å². The van der Waals surface area contributed by atoms with Gasteiger partial charge in [0.25, 0.3) is 0 Å². The van der Waals surface area contributed by atoms with Gasteiger partial charge in [-0.2, -0.15) is 4.31 Å². The van der Waals surface area contributed by atoms with Crippen LogP contribution in [-0.2, 0) is 34.5 Å². The van der Waals surface area contributed by atoms with Crippen molar-refractivity contribution < 1.29 is 13.2 Å². The lowest BCUT2D eigenvalue weighted by Crippen LogP contribution is -2.31. The average Bonchev–Trinajstić information content (AvgIpc) is 3.14. The summed E-state index contributed by atoms with van der Waals surface area (Å²) in [6, 6.07) is 8.53. The minimum absolute atomic E-state index is 0.147. The number of carbonyl (C=O) groups excluding carboxylic acids is 1. The van der Waals surface area contributed by atoms with Gasteiger partial charge in [0.2, 0.25) is 15.9 Å². The third-order valence-electron chi connectivity index (χ3n) is 5.06. The predicted molar refractivity (Wildman–Crippen MR) is 95.5 cm³/mol. The average molecular weight is 374 g/mol. The molecule has 8 heteroatoms. The van der Waals surface area contributed by atoms with Crippen LogP contribution >= 0.6 is 0 Å². The maximum absolute atomic E-state index is 13.0. The number of hydrogen-bond acceptors (Lipinski definition) is 4. The van der Waals surface area contributed by atoms with Crippen LogP contribution in [0, 0.1) is 0 Å². The smallest absolute Gasteiger partial charge is 0.243 e. The Bertz CT molecular complexity index is 908. The molecule has 26 heavy (non-hydrogen) atoms. The number of carbonyl (C=O) groups is 1. The highest BCUT2D eigenvalue weighted by molar-refractivity contribution is 7.89. The van der Waals surface area contributed by atoms with Gasteiger partial charge < -0.3 is 9.47 Å². The molecule has 1 saturated heterocycles. The molecular formula is C18H22N4O3S. The van der Waals surface area contributed by atoms with Gasteiger partial charge in [0.1, 0.15) is 0 Å². The Labute approximate surface area is 153 Å². The van der Waals surface area contributed by atoms with Crippen LogP contribution in [0.5, 0.6) is 0 Å². The lowest BCUT2D eigenvalue weighted by atomic mass is 10.3. The SMILES string of the molecule is O=C1CCCN1Cc1ncn2c1CN(S(=O)(=O)c1ccccc1)CCC2. The fraction of sp³-hybridized carbons (Fsp3) is 0.444. The van der Waals surface area contributed by atoms with Crippen LogP contribution in [-0.4, -0.2) is 46.2 Å². The first-order valence-electron chi connectivity index (χ1n) is 8.91. The summed E-state index contributed by atoms with van der Waals surface area (Å²) in [6.45, 7) is 2.70. The Balaban J connectivity index is 1.62. The third kappa shape index (κ3) is 3.14. The Morgan fingerprint density at radius 1 is 1.04 bits per heavy atom. The van der Waals surface area contributed by atoms with Gasteiger partial charge in [0.05, 0.1) is 35.7 Å². The zero-order chi connectivity index (χ0) is 18.1. The van der Waals surface area contributed by atoms with Crippen LogP contribution in [0.25, 0.3) is 0 Å². The number of likely N-dealkylation sites (tertiary alicyclic amines) is 1. The van der Waals surface area contributed by atoms with Gasteiger partial charge >= 0.3 is 0 Å². The zero-order valence-electron chi connectivity index (χ0n) is 14.5. The largest absolute Gasteiger partial charge is 0.337 e. The number of fused-ring (bicyclic) bond motifs is 1. The summed E-state index contributed by atoms with van der Waals surface area (Å²) in [6.07, 6.45) is 3.97. The predicted octanol–water partition coefficient (Wildman–Crippen LogP) is 1.60. The number of aryl methyl sites for hydroxylation is 1. The molecule has 0 unspecified atom stereocenters. The second kappa shape index (κ2) is 6.85. The van der Waals surface area contributed by atoms with E-state index in [4.69, 9.17) is 0 Å². The summed E-state index contributed by atoms with van der Waals surface area (Å²) in [5.74, 6) is 0.147. The molecule has 0 bridgehead atoms. The van der Waals surface area contributed by atoms with Gasteiger partial charge in [-0.3, -0.25) is 4.79 Å². The highest BCUT2D eigenvalue weighted by Crippen LogP contribution is 2.24. The van der Waals surface area contributed by atoms with Crippen LogP contribution in [0.3, 0.4) is 0 Å². The maximum Gasteiger partial charge on any atom is 0.243 e. The van der Waals surface area contributed by atoms with Crippen LogP contribution in [0.15, 0.2) is 41.6 Å². The monoisotopic (exact) mass is 374 g/mol. The van der Waals surface area contributed by atoms with Crippen molar-refractivity contribution in [3.8, 4) is 0 Å². The standard InChI is InChI=1S/C18H22N4O3S/c23-18-8-4-9-20(18)12-16-17-13-22(11-5-10-21(17)14-19-16)26(24,25)15-6-2-1-3-7-15/h1-3,6-7,14H,4-5,8-13H2. The van der Waals surface area contributed by atoms with E-state index in [9.17, 15) is 13.2 Å². The van der Waals surface area contributed by atoms with Crippen molar-refractivity contribution in [2.75, 3.05) is 13.1 Å². The van der Waals surface area contributed by atoms with Crippen LogP contribution < -0.4 is 0 Å². The normalized spacial score (nSPS) is 18.8. The van der Waals surface area contributed by atoms with E-state index < -0.39 is 10.0 Å². The fourth-order valence-corrected chi connectivity index (χ4v) is 5.08. The number of aromatic nitrogens is 2. The molecule has 1 aromatic heterocycles. The summed E-state index contributed by atoms with van der Waals surface area (Å²) in [5.41, 5.74) is 1.69. The van der Waals surface area contributed by atoms with Crippen molar-refractivity contribution in [2.45, 2.75) is 43.8 Å². The molecule has 2 aliphatic rings. The summed E-state index contributed by atoms with van der Waals surface area (Å²) in [5, 5.41) is 0. The molecule has 1 amide bonds. The van der Waals surface area contributed by atoms with Crippen LogP contribution in [0.4, 0.5) is 0 Å². The summed E-state index contributed by atoms with van der Waals surface area (Å²) >= 11 is 0. The van der Waals surface area contributed by atoms with E-state index in [0.717, 1.165) is 37.3 Å². The Morgan fingerprint density at radius 2 is 1.85 bits per heavy atom. The molecule has 0 N–H and O–H groups in total. The van der Waals surface area contributed by atoms with Gasteiger partial charge in [-0.25, -0.2) is 13.4 Å². The molecule has 3 heterocycles. The van der Waals surface area contributed by atoms with Crippen LogP contribution in [0.1, 0.15) is 30.7 Å². The number of benzene rings is 1. The van der Waals surface area contributed by atoms with Crippen molar-refractivity contribution >= 4 is 15.9 Å². The maximum atomic E-state index is 13.0. The molecule has 0 radical (unpaired) electrons. The first-order valence-corrected chi connectivity index (χ1v) is 10.4. The van der Waals surface area contributed by atoms with Crippen molar-refractivity contribution in [2.24, 2.45) is 0 Å². The molecule has 2 aliphatic heterocycles. The Morgan fingerprint density at radius 3 is 2.58 bits per heavy atom. The van der Waals surface area contributed by atoms with E-state index in [1.807, 2.05) is 15.5 Å². The number of hydrogen-bond donors (Lipinski definition) is 0. The highest BCUT2D eigenvalue weighted by Gasteiger charge is 2.30. The molecule has 0 saturated carbocycles. The minimum Gasteiger partial charge on any atom is -0.337 e. The Kier molecular flexibility index (Phi) is 4.54. The first kappa shape index (κ1) is 17.2. The topological polar surface area (TPSA) is 75.5 Å². The number of sulfonamides is 1. The van der Waals surface area contributed by atoms with Crippen molar-refractivity contribution in [1.29, 1.82) is 0 Å². The van der Waals surface area contributed by atoms with Gasteiger partial charge in [-0.05, 0) is 25.0 Å². The molecule has 0 aliphatic carbocycles. The molecular weight excluding hydrogens is 352 g/mol. The van der Waals surface area contributed by atoms with Crippen molar-refractivity contribution in [3.63, 3.8) is 0 Å². The second-order valence-electron chi connectivity index (χ2n) is 6.76. The number of rotatable bonds is 4. The molecule has 2 aromatic rings. The number of amides is 1. The molecule has 7 nitrogen and oxygen atoms in total. The molecule has 0 spiro atoms. The third-order valence-corrected chi connectivity index (χ3v) is 6.92. The van der Waals surface area contributed by atoms with Crippen LogP contribution in [0.2, 0.25) is 0 Å².